The molecule has 38 heavy (non-hydrogen) atoms. The van der Waals surface area contributed by atoms with Crippen molar-refractivity contribution in [3.05, 3.63) is 94.5 Å². The van der Waals surface area contributed by atoms with Crippen LogP contribution in [0.4, 0.5) is 13.2 Å². The molecule has 2 atom stereocenters. The number of nitrogens with zero attached hydrogens (tertiary/aromatic N) is 1. The fourth-order valence-corrected chi connectivity index (χ4v) is 5.11. The SMILES string of the molecule is CNC(=O)C(c1ccccc1)N1CCc2cc(OC)c(OC)cc2[C@@H]1CCc1ccc(C(F)(F)F)cc1.Cl. The Balaban J connectivity index is 0.00000400. The predicted octanol–water partition coefficient (Wildman–Crippen LogP) is 6.16. The third-order valence-corrected chi connectivity index (χ3v) is 6.97. The maximum absolute atomic E-state index is 13.2. The van der Waals surface area contributed by atoms with Crippen LogP contribution in [0.25, 0.3) is 0 Å². The standard InChI is InChI=1S/C29H31F3N2O3.ClH/c1-33-28(35)27(20-7-5-4-6-8-20)34-16-15-21-17-25(36-2)26(37-3)18-23(21)24(34)14-11-19-9-12-22(13-10-19)29(30,31)32;/h4-10,12-13,17-18,24,27H,11,14-16H2,1-3H3,(H,33,35);1H/t24-,27?;/m0./s1. The number of amides is 1. The van der Waals surface area contributed by atoms with E-state index in [2.05, 4.69) is 10.2 Å². The van der Waals surface area contributed by atoms with Crippen LogP contribution in [0.15, 0.2) is 66.7 Å². The minimum atomic E-state index is -4.37. The molecule has 0 aromatic heterocycles. The molecule has 5 nitrogen and oxygen atoms in total. The molecule has 0 bridgehead atoms. The van der Waals surface area contributed by atoms with Gasteiger partial charge in [0.15, 0.2) is 11.5 Å². The van der Waals surface area contributed by atoms with Crippen molar-refractivity contribution in [2.45, 2.75) is 37.5 Å². The van der Waals surface area contributed by atoms with E-state index < -0.39 is 17.8 Å². The number of methoxy groups -OCH3 is 2. The van der Waals surface area contributed by atoms with Crippen molar-refractivity contribution in [2.75, 3.05) is 27.8 Å². The summed E-state index contributed by atoms with van der Waals surface area (Å²) in [7, 11) is 4.80. The predicted molar refractivity (Wildman–Crippen MR) is 143 cm³/mol. The number of carbonyl (C=O) groups excluding carboxylic acids is 1. The molecule has 1 unspecified atom stereocenters. The molecule has 1 amide bonds. The van der Waals surface area contributed by atoms with Gasteiger partial charge >= 0.3 is 6.18 Å². The van der Waals surface area contributed by atoms with Gasteiger partial charge in [0, 0.05) is 19.6 Å². The first-order valence-corrected chi connectivity index (χ1v) is 12.2. The van der Waals surface area contributed by atoms with Crippen molar-refractivity contribution < 1.29 is 27.4 Å². The second-order valence-corrected chi connectivity index (χ2v) is 9.07. The molecule has 204 valence electrons. The summed E-state index contributed by atoms with van der Waals surface area (Å²) in [5, 5.41) is 2.81. The zero-order valence-corrected chi connectivity index (χ0v) is 22.4. The molecule has 0 spiro atoms. The fourth-order valence-electron chi connectivity index (χ4n) is 5.11. The maximum atomic E-state index is 13.2. The Labute approximate surface area is 227 Å². The van der Waals surface area contributed by atoms with Crippen molar-refractivity contribution in [1.29, 1.82) is 0 Å². The summed E-state index contributed by atoms with van der Waals surface area (Å²) in [4.78, 5) is 15.4. The van der Waals surface area contributed by atoms with Crippen LogP contribution in [0, 0.1) is 0 Å². The van der Waals surface area contributed by atoms with Gasteiger partial charge in [-0.2, -0.15) is 13.2 Å². The Morgan fingerprint density at radius 3 is 2.24 bits per heavy atom. The summed E-state index contributed by atoms with van der Waals surface area (Å²) < 4.78 is 50.2. The van der Waals surface area contributed by atoms with E-state index >= 15 is 0 Å². The van der Waals surface area contributed by atoms with Crippen molar-refractivity contribution in [3.8, 4) is 11.5 Å². The highest BCUT2D eigenvalue weighted by molar-refractivity contribution is 5.85. The molecule has 0 aliphatic carbocycles. The van der Waals surface area contributed by atoms with Crippen LogP contribution >= 0.6 is 12.4 Å². The van der Waals surface area contributed by atoms with Crippen LogP contribution in [0.3, 0.4) is 0 Å². The Morgan fingerprint density at radius 2 is 1.66 bits per heavy atom. The lowest BCUT2D eigenvalue weighted by Crippen LogP contribution is -2.44. The van der Waals surface area contributed by atoms with Crippen molar-refractivity contribution in [3.63, 3.8) is 0 Å². The molecule has 3 aromatic rings. The van der Waals surface area contributed by atoms with Crippen LogP contribution in [0.1, 0.15) is 46.3 Å². The van der Waals surface area contributed by atoms with Gasteiger partial charge in [0.1, 0.15) is 6.04 Å². The molecule has 1 aliphatic rings. The Morgan fingerprint density at radius 1 is 1.03 bits per heavy atom. The van der Waals surface area contributed by atoms with E-state index in [4.69, 9.17) is 9.47 Å². The molecule has 0 saturated carbocycles. The summed E-state index contributed by atoms with van der Waals surface area (Å²) >= 11 is 0. The van der Waals surface area contributed by atoms with Gasteiger partial charge in [-0.05, 0) is 65.8 Å². The number of hydrogen-bond acceptors (Lipinski definition) is 4. The average molecular weight is 549 g/mol. The number of fused-ring (bicyclic) bond motifs is 1. The van der Waals surface area contributed by atoms with Crippen LogP contribution < -0.4 is 14.8 Å². The first-order valence-electron chi connectivity index (χ1n) is 12.2. The summed E-state index contributed by atoms with van der Waals surface area (Å²) in [6, 6.07) is 18.2. The van der Waals surface area contributed by atoms with Gasteiger partial charge in [-0.3, -0.25) is 9.69 Å². The van der Waals surface area contributed by atoms with Gasteiger partial charge in [-0.25, -0.2) is 0 Å². The minimum absolute atomic E-state index is 0. The van der Waals surface area contributed by atoms with Crippen molar-refractivity contribution in [1.82, 2.24) is 10.2 Å². The van der Waals surface area contributed by atoms with Crippen LogP contribution in [0.5, 0.6) is 11.5 Å². The molecule has 4 rings (SSSR count). The van der Waals surface area contributed by atoms with Gasteiger partial charge < -0.3 is 14.8 Å². The molecule has 1 aliphatic heterocycles. The zero-order valence-electron chi connectivity index (χ0n) is 21.5. The van der Waals surface area contributed by atoms with Crippen LogP contribution in [-0.2, 0) is 23.8 Å². The van der Waals surface area contributed by atoms with Gasteiger partial charge in [0.05, 0.1) is 19.8 Å². The normalized spacial score (nSPS) is 16.1. The quantitative estimate of drug-likeness (QED) is 0.366. The van der Waals surface area contributed by atoms with Crippen LogP contribution in [0.2, 0.25) is 0 Å². The summed E-state index contributed by atoms with van der Waals surface area (Å²) in [5.41, 5.74) is 3.15. The summed E-state index contributed by atoms with van der Waals surface area (Å²) in [6.07, 6.45) is -2.51. The molecule has 1 heterocycles. The van der Waals surface area contributed by atoms with E-state index in [0.717, 1.165) is 34.4 Å². The highest BCUT2D eigenvalue weighted by atomic mass is 35.5. The second kappa shape index (κ2) is 12.5. The van der Waals surface area contributed by atoms with Crippen molar-refractivity contribution >= 4 is 18.3 Å². The number of ether oxygens (including phenoxy) is 2. The fraction of sp³-hybridized carbons (Fsp3) is 0.345. The van der Waals surface area contributed by atoms with Gasteiger partial charge in [0.2, 0.25) is 5.91 Å². The van der Waals surface area contributed by atoms with E-state index in [1.165, 1.54) is 12.1 Å². The molecular formula is C29H32ClF3N2O3. The minimum Gasteiger partial charge on any atom is -0.493 e. The van der Waals surface area contributed by atoms with Gasteiger partial charge in [-0.15, -0.1) is 12.4 Å². The largest absolute Gasteiger partial charge is 0.493 e. The summed E-state index contributed by atoms with van der Waals surface area (Å²) in [6.45, 7) is 0.632. The van der Waals surface area contributed by atoms with Crippen molar-refractivity contribution in [2.24, 2.45) is 0 Å². The molecule has 0 fully saturated rings. The number of aryl methyl sites for hydroxylation is 1. The van der Waals surface area contributed by atoms with Crippen LogP contribution in [-0.4, -0.2) is 38.6 Å². The molecule has 3 aromatic carbocycles. The lowest BCUT2D eigenvalue weighted by Gasteiger charge is -2.42. The van der Waals surface area contributed by atoms with E-state index in [1.54, 1.807) is 21.3 Å². The first kappa shape index (κ1) is 29.3. The number of halogens is 4. The number of carbonyl (C=O) groups is 1. The lowest BCUT2D eigenvalue weighted by atomic mass is 9.86. The highest BCUT2D eigenvalue weighted by Gasteiger charge is 2.37. The first-order chi connectivity index (χ1) is 17.8. The summed E-state index contributed by atoms with van der Waals surface area (Å²) in [5.74, 6) is 1.12. The number of benzene rings is 3. The van der Waals surface area contributed by atoms with Gasteiger partial charge in [0.25, 0.3) is 0 Å². The third kappa shape index (κ3) is 6.25. The number of rotatable bonds is 8. The molecule has 0 saturated heterocycles. The lowest BCUT2D eigenvalue weighted by molar-refractivity contribution is -0.137. The monoisotopic (exact) mass is 548 g/mol. The molecule has 1 N–H and O–H groups in total. The topological polar surface area (TPSA) is 50.8 Å². The Kier molecular flexibility index (Phi) is 9.68. The molecule has 9 heteroatoms. The van der Waals surface area contributed by atoms with E-state index in [-0.39, 0.29) is 24.4 Å². The molecular weight excluding hydrogens is 517 g/mol. The third-order valence-electron chi connectivity index (χ3n) is 6.97. The maximum Gasteiger partial charge on any atom is 0.416 e. The number of hydrogen-bond donors (Lipinski definition) is 1. The smallest absolute Gasteiger partial charge is 0.416 e. The van der Waals surface area contributed by atoms with E-state index in [0.29, 0.717) is 37.3 Å². The number of likely N-dealkylation sites (N-methyl/N-ethyl adjacent to an activating group) is 1. The van der Waals surface area contributed by atoms with Gasteiger partial charge in [-0.1, -0.05) is 42.5 Å². The second-order valence-electron chi connectivity index (χ2n) is 9.07. The highest BCUT2D eigenvalue weighted by Crippen LogP contribution is 2.43. The number of alkyl halides is 3. The Bertz CT molecular complexity index is 1220. The Hall–Kier alpha value is -3.23. The van der Waals surface area contributed by atoms with E-state index in [1.807, 2.05) is 42.5 Å². The molecule has 0 radical (unpaired) electrons. The van der Waals surface area contributed by atoms with E-state index in [9.17, 15) is 18.0 Å². The number of nitrogens with one attached hydrogen (secondary N) is 1. The zero-order chi connectivity index (χ0) is 26.6. The average Bonchev–Trinajstić information content (AvgIpc) is 2.91.